The van der Waals surface area contributed by atoms with E-state index >= 15 is 0 Å². The average molecular weight is 490 g/mol. The van der Waals surface area contributed by atoms with Crippen LogP contribution in [0.15, 0.2) is 82.7 Å². The van der Waals surface area contributed by atoms with E-state index in [0.717, 1.165) is 11.1 Å². The normalized spacial score (nSPS) is 11.2. The number of aromatic nitrogens is 4. The number of hydrogen-bond acceptors (Lipinski definition) is 5. The molecule has 34 heavy (non-hydrogen) atoms. The van der Waals surface area contributed by atoms with Crippen molar-refractivity contribution >= 4 is 46.0 Å². The van der Waals surface area contributed by atoms with Gasteiger partial charge in [-0.1, -0.05) is 65.3 Å². The minimum atomic E-state index is -0.171. The lowest BCUT2D eigenvalue weighted by molar-refractivity contribution is -0.118. The molecule has 0 radical (unpaired) electrons. The topological polar surface area (TPSA) is 81.3 Å². The molecule has 0 atom stereocenters. The van der Waals surface area contributed by atoms with Crippen LogP contribution in [0.2, 0.25) is 5.02 Å². The van der Waals surface area contributed by atoms with Crippen LogP contribution in [-0.2, 0) is 11.3 Å². The molecule has 170 valence electrons. The second-order valence-electron chi connectivity index (χ2n) is 7.81. The van der Waals surface area contributed by atoms with E-state index in [-0.39, 0.29) is 17.2 Å². The highest BCUT2D eigenvalue weighted by atomic mass is 35.5. The third-order valence-electron chi connectivity index (χ3n) is 5.40. The SMILES string of the molecule is Cc1ccc(-n2c(=O)c3ccccc3n3c(SCC(=O)NCc4cccc(Cl)c4)nnc23)cc1. The van der Waals surface area contributed by atoms with Crippen LogP contribution in [-0.4, -0.2) is 30.8 Å². The number of nitrogens with one attached hydrogen (secondary N) is 1. The highest BCUT2D eigenvalue weighted by Gasteiger charge is 2.18. The molecule has 0 aliphatic carbocycles. The standard InChI is InChI=1S/C25H20ClN5O2S/c1-16-9-11-19(12-10-16)30-23(33)20-7-2-3-8-21(20)31-24(30)28-29-25(31)34-15-22(32)27-14-17-5-4-6-18(26)13-17/h2-13H,14-15H2,1H3,(H,27,32). The van der Waals surface area contributed by atoms with E-state index in [2.05, 4.69) is 15.5 Å². The summed E-state index contributed by atoms with van der Waals surface area (Å²) in [5.41, 5.74) is 3.24. The molecule has 5 aromatic rings. The monoisotopic (exact) mass is 489 g/mol. The quantitative estimate of drug-likeness (QED) is 0.357. The van der Waals surface area contributed by atoms with Gasteiger partial charge in [-0.15, -0.1) is 10.2 Å². The fraction of sp³-hybridized carbons (Fsp3) is 0.120. The lowest BCUT2D eigenvalue weighted by Crippen LogP contribution is -2.24. The van der Waals surface area contributed by atoms with Crippen molar-refractivity contribution < 1.29 is 4.79 Å². The lowest BCUT2D eigenvalue weighted by atomic mass is 10.2. The molecule has 0 saturated heterocycles. The van der Waals surface area contributed by atoms with Gasteiger partial charge in [0.1, 0.15) is 0 Å². The summed E-state index contributed by atoms with van der Waals surface area (Å²) in [5, 5.41) is 13.2. The number of benzene rings is 3. The highest BCUT2D eigenvalue weighted by Crippen LogP contribution is 2.23. The molecule has 7 nitrogen and oxygen atoms in total. The van der Waals surface area contributed by atoms with Crippen molar-refractivity contribution in [2.24, 2.45) is 0 Å². The smallest absolute Gasteiger partial charge is 0.267 e. The van der Waals surface area contributed by atoms with Crippen molar-refractivity contribution in [3.05, 3.63) is 99.3 Å². The third-order valence-corrected chi connectivity index (χ3v) is 6.56. The summed E-state index contributed by atoms with van der Waals surface area (Å²) < 4.78 is 3.38. The van der Waals surface area contributed by atoms with Crippen LogP contribution in [0, 0.1) is 6.92 Å². The third kappa shape index (κ3) is 4.30. The van der Waals surface area contributed by atoms with Crippen LogP contribution in [0.3, 0.4) is 0 Å². The van der Waals surface area contributed by atoms with Crippen LogP contribution >= 0.6 is 23.4 Å². The van der Waals surface area contributed by atoms with Crippen LogP contribution in [0.5, 0.6) is 0 Å². The van der Waals surface area contributed by atoms with E-state index in [1.165, 1.54) is 11.8 Å². The number of thioether (sulfide) groups is 1. The zero-order valence-electron chi connectivity index (χ0n) is 18.2. The molecular weight excluding hydrogens is 470 g/mol. The summed E-state index contributed by atoms with van der Waals surface area (Å²) >= 11 is 7.27. The van der Waals surface area contributed by atoms with Gasteiger partial charge in [-0.25, -0.2) is 4.57 Å². The number of halogens is 1. The fourth-order valence-corrected chi connectivity index (χ4v) is 4.71. The molecule has 9 heteroatoms. The van der Waals surface area contributed by atoms with Gasteiger partial charge in [0.15, 0.2) is 5.16 Å². The molecular formula is C25H20ClN5O2S. The first-order valence-electron chi connectivity index (χ1n) is 10.6. The number of rotatable bonds is 6. The molecule has 0 unspecified atom stereocenters. The zero-order valence-corrected chi connectivity index (χ0v) is 19.8. The number of aryl methyl sites for hydroxylation is 1. The van der Waals surface area contributed by atoms with Crippen LogP contribution in [0.1, 0.15) is 11.1 Å². The predicted molar refractivity (Wildman–Crippen MR) is 135 cm³/mol. The van der Waals surface area contributed by atoms with Crippen LogP contribution in [0.4, 0.5) is 0 Å². The summed E-state index contributed by atoms with van der Waals surface area (Å²) in [5.74, 6) is 0.409. The maximum absolute atomic E-state index is 13.3. The van der Waals surface area contributed by atoms with Crippen LogP contribution < -0.4 is 10.9 Å². The largest absolute Gasteiger partial charge is 0.351 e. The Bertz CT molecular complexity index is 1580. The predicted octanol–water partition coefficient (Wildman–Crippen LogP) is 4.40. The highest BCUT2D eigenvalue weighted by molar-refractivity contribution is 7.99. The first-order valence-corrected chi connectivity index (χ1v) is 12.0. The Morgan fingerprint density at radius 1 is 1.03 bits per heavy atom. The van der Waals surface area contributed by atoms with Gasteiger partial charge in [-0.2, -0.15) is 0 Å². The molecule has 0 aliphatic heterocycles. The molecule has 0 fully saturated rings. The lowest BCUT2D eigenvalue weighted by Gasteiger charge is -2.11. The van der Waals surface area contributed by atoms with Crippen molar-refractivity contribution in [3.63, 3.8) is 0 Å². The summed E-state index contributed by atoms with van der Waals surface area (Å²) in [6.07, 6.45) is 0. The summed E-state index contributed by atoms with van der Waals surface area (Å²) in [6.45, 7) is 2.38. The number of carbonyl (C=O) groups is 1. The van der Waals surface area contributed by atoms with Crippen molar-refractivity contribution in [1.82, 2.24) is 24.5 Å². The van der Waals surface area contributed by atoms with Crippen molar-refractivity contribution in [2.75, 3.05) is 5.75 Å². The Kier molecular flexibility index (Phi) is 6.08. The maximum Gasteiger partial charge on any atom is 0.267 e. The zero-order chi connectivity index (χ0) is 23.7. The van der Waals surface area contributed by atoms with Gasteiger partial charge in [0.2, 0.25) is 11.7 Å². The number of amides is 1. The van der Waals surface area contributed by atoms with E-state index in [1.54, 1.807) is 16.7 Å². The fourth-order valence-electron chi connectivity index (χ4n) is 3.73. The summed E-state index contributed by atoms with van der Waals surface area (Å²) in [4.78, 5) is 25.8. The van der Waals surface area contributed by atoms with Gasteiger partial charge in [0.25, 0.3) is 5.56 Å². The summed E-state index contributed by atoms with van der Waals surface area (Å²) in [7, 11) is 0. The first-order chi connectivity index (χ1) is 16.5. The Labute approximate surface area is 204 Å². The Morgan fingerprint density at radius 3 is 2.62 bits per heavy atom. The number of carbonyl (C=O) groups excluding carboxylic acids is 1. The molecule has 3 aromatic carbocycles. The van der Waals surface area contributed by atoms with Gasteiger partial charge >= 0.3 is 0 Å². The van der Waals surface area contributed by atoms with E-state index in [0.29, 0.717) is 39.1 Å². The van der Waals surface area contributed by atoms with Crippen LogP contribution in [0.25, 0.3) is 22.4 Å². The molecule has 0 aliphatic rings. The molecule has 5 rings (SSSR count). The average Bonchev–Trinajstić information content (AvgIpc) is 3.26. The van der Waals surface area contributed by atoms with Crippen molar-refractivity contribution in [2.45, 2.75) is 18.6 Å². The van der Waals surface area contributed by atoms with Gasteiger partial charge in [0, 0.05) is 11.6 Å². The number of fused-ring (bicyclic) bond motifs is 3. The van der Waals surface area contributed by atoms with E-state index < -0.39 is 0 Å². The Balaban J connectivity index is 1.47. The van der Waals surface area contributed by atoms with Crippen molar-refractivity contribution in [1.29, 1.82) is 0 Å². The van der Waals surface area contributed by atoms with Crippen molar-refractivity contribution in [3.8, 4) is 5.69 Å². The minimum absolute atomic E-state index is 0.141. The second kappa shape index (κ2) is 9.32. The molecule has 0 bridgehead atoms. The molecule has 2 aromatic heterocycles. The second-order valence-corrected chi connectivity index (χ2v) is 9.19. The number of hydrogen-bond donors (Lipinski definition) is 1. The Morgan fingerprint density at radius 2 is 1.82 bits per heavy atom. The van der Waals surface area contributed by atoms with E-state index in [9.17, 15) is 9.59 Å². The summed E-state index contributed by atoms with van der Waals surface area (Å²) in [6, 6.07) is 22.4. The molecule has 1 N–H and O–H groups in total. The van der Waals surface area contributed by atoms with Gasteiger partial charge in [0.05, 0.1) is 22.3 Å². The first kappa shape index (κ1) is 22.2. The maximum atomic E-state index is 13.3. The Hall–Kier alpha value is -3.62. The van der Waals surface area contributed by atoms with E-state index in [1.807, 2.05) is 72.0 Å². The van der Waals surface area contributed by atoms with Gasteiger partial charge in [-0.05, 0) is 48.9 Å². The van der Waals surface area contributed by atoms with Gasteiger partial charge in [-0.3, -0.25) is 14.0 Å². The molecule has 1 amide bonds. The van der Waals surface area contributed by atoms with Gasteiger partial charge < -0.3 is 5.32 Å². The number of nitrogens with zero attached hydrogens (tertiary/aromatic N) is 4. The number of para-hydroxylation sites is 1. The molecule has 2 heterocycles. The molecule has 0 saturated carbocycles. The molecule has 0 spiro atoms. The minimum Gasteiger partial charge on any atom is -0.351 e. The van der Waals surface area contributed by atoms with E-state index in [4.69, 9.17) is 11.6 Å².